The van der Waals surface area contributed by atoms with Crippen LogP contribution < -0.4 is 0 Å². The smallest absolute Gasteiger partial charge is 0.139 e. The Morgan fingerprint density at radius 2 is 0.686 bits per heavy atom. The van der Waals surface area contributed by atoms with E-state index >= 15 is 0 Å². The van der Waals surface area contributed by atoms with Gasteiger partial charge in [-0.3, -0.25) is 0 Å². The van der Waals surface area contributed by atoms with E-state index in [0.717, 1.165) is 49.6 Å². The average molecular weight is 652 g/mol. The minimum absolute atomic E-state index is 0.819. The van der Waals surface area contributed by atoms with Crippen LogP contribution in [0.1, 0.15) is 0 Å². The van der Waals surface area contributed by atoms with Crippen molar-refractivity contribution in [2.75, 3.05) is 0 Å². The third-order valence-electron chi connectivity index (χ3n) is 10.4. The number of benzene rings is 8. The highest BCUT2D eigenvalue weighted by molar-refractivity contribution is 6.16. The van der Waals surface area contributed by atoms with Crippen molar-refractivity contribution in [1.29, 1.82) is 0 Å². The van der Waals surface area contributed by atoms with Crippen molar-refractivity contribution in [1.82, 2.24) is 4.57 Å². The Hall–Kier alpha value is -6.84. The molecule has 11 aromatic rings. The number of rotatable bonds is 4. The van der Waals surface area contributed by atoms with Crippen molar-refractivity contribution < 1.29 is 8.83 Å². The van der Waals surface area contributed by atoms with Crippen molar-refractivity contribution in [2.45, 2.75) is 0 Å². The lowest BCUT2D eigenvalue weighted by molar-refractivity contribution is 0.656. The Labute approximate surface area is 293 Å². The molecule has 11 rings (SSSR count). The highest BCUT2D eigenvalue weighted by atomic mass is 16.3. The molecule has 3 heterocycles. The molecular formula is C48H29NO2. The predicted molar refractivity (Wildman–Crippen MR) is 212 cm³/mol. The maximum Gasteiger partial charge on any atom is 0.139 e. The van der Waals surface area contributed by atoms with Gasteiger partial charge in [-0.1, -0.05) is 109 Å². The molecule has 0 saturated carbocycles. The first-order valence-corrected chi connectivity index (χ1v) is 17.3. The van der Waals surface area contributed by atoms with Gasteiger partial charge in [0.1, 0.15) is 22.3 Å². The van der Waals surface area contributed by atoms with Crippen LogP contribution in [0.3, 0.4) is 0 Å². The van der Waals surface area contributed by atoms with Crippen LogP contribution in [0.2, 0.25) is 0 Å². The van der Waals surface area contributed by atoms with E-state index in [1.807, 2.05) is 12.1 Å². The summed E-state index contributed by atoms with van der Waals surface area (Å²) in [5, 5.41) is 6.79. The number of furan rings is 2. The maximum absolute atomic E-state index is 6.46. The SMILES string of the molecule is c1ccc(-c2ccc3oc4cc5oc6ccc(-n7c8ccc(-c9ccccc9)cc8c8cc(-c9ccccc9)ccc87)cc6c5cc4c3c2)cc1. The van der Waals surface area contributed by atoms with Gasteiger partial charge in [-0.25, -0.2) is 0 Å². The fourth-order valence-corrected chi connectivity index (χ4v) is 7.91. The molecule has 0 spiro atoms. The van der Waals surface area contributed by atoms with Gasteiger partial charge in [0.05, 0.1) is 11.0 Å². The average Bonchev–Trinajstić information content (AvgIpc) is 3.85. The van der Waals surface area contributed by atoms with Gasteiger partial charge in [0.25, 0.3) is 0 Å². The minimum atomic E-state index is 0.819. The molecule has 0 bridgehead atoms. The van der Waals surface area contributed by atoms with Gasteiger partial charge in [0.2, 0.25) is 0 Å². The molecule has 0 aliphatic heterocycles. The maximum atomic E-state index is 6.46. The highest BCUT2D eigenvalue weighted by Gasteiger charge is 2.18. The van der Waals surface area contributed by atoms with Crippen LogP contribution in [-0.4, -0.2) is 4.57 Å². The first-order chi connectivity index (χ1) is 25.2. The fraction of sp³-hybridized carbons (Fsp3) is 0. The summed E-state index contributed by atoms with van der Waals surface area (Å²) in [6.07, 6.45) is 0. The van der Waals surface area contributed by atoms with Crippen molar-refractivity contribution in [3.05, 3.63) is 176 Å². The van der Waals surface area contributed by atoms with E-state index in [2.05, 4.69) is 168 Å². The van der Waals surface area contributed by atoms with E-state index in [1.54, 1.807) is 0 Å². The second-order valence-electron chi connectivity index (χ2n) is 13.3. The molecule has 3 aromatic heterocycles. The van der Waals surface area contributed by atoms with Crippen molar-refractivity contribution in [2.24, 2.45) is 0 Å². The minimum Gasteiger partial charge on any atom is -0.456 e. The van der Waals surface area contributed by atoms with E-state index in [1.165, 1.54) is 55.2 Å². The van der Waals surface area contributed by atoms with Gasteiger partial charge >= 0.3 is 0 Å². The monoisotopic (exact) mass is 651 g/mol. The molecule has 8 aromatic carbocycles. The summed E-state index contributed by atoms with van der Waals surface area (Å²) in [7, 11) is 0. The molecule has 0 amide bonds. The third kappa shape index (κ3) is 4.38. The first kappa shape index (κ1) is 28.0. The summed E-state index contributed by atoms with van der Waals surface area (Å²) in [6, 6.07) is 62.7. The standard InChI is InChI=1S/C48H29NO2/c1-4-10-30(11-5-1)33-16-20-43-37(24-33)38-25-34(31-12-6-2-7-13-31)17-21-44(38)49(43)36-19-23-46-40(27-36)42-28-41-39-26-35(32-14-8-3-9-15-32)18-22-45(39)50-47(41)29-48(42)51-46/h1-29H. The molecule has 238 valence electrons. The summed E-state index contributed by atoms with van der Waals surface area (Å²) >= 11 is 0. The molecule has 0 atom stereocenters. The third-order valence-corrected chi connectivity index (χ3v) is 10.4. The van der Waals surface area contributed by atoms with Gasteiger partial charge < -0.3 is 13.4 Å². The van der Waals surface area contributed by atoms with Crippen LogP contribution in [-0.2, 0) is 0 Å². The second-order valence-corrected chi connectivity index (χ2v) is 13.3. The Morgan fingerprint density at radius 1 is 0.275 bits per heavy atom. The first-order valence-electron chi connectivity index (χ1n) is 17.3. The van der Waals surface area contributed by atoms with Crippen LogP contribution in [0.25, 0.3) is 105 Å². The highest BCUT2D eigenvalue weighted by Crippen LogP contribution is 2.41. The molecular weight excluding hydrogens is 623 g/mol. The van der Waals surface area contributed by atoms with Crippen molar-refractivity contribution in [3.8, 4) is 39.1 Å². The number of aromatic nitrogens is 1. The van der Waals surface area contributed by atoms with Crippen molar-refractivity contribution in [3.63, 3.8) is 0 Å². The molecule has 0 N–H and O–H groups in total. The van der Waals surface area contributed by atoms with Crippen LogP contribution in [0.4, 0.5) is 0 Å². The zero-order valence-electron chi connectivity index (χ0n) is 27.5. The Kier molecular flexibility index (Phi) is 5.96. The largest absolute Gasteiger partial charge is 0.456 e. The van der Waals surface area contributed by atoms with E-state index < -0.39 is 0 Å². The fourth-order valence-electron chi connectivity index (χ4n) is 7.91. The molecule has 0 aliphatic carbocycles. The molecule has 3 heteroatoms. The summed E-state index contributed by atoms with van der Waals surface area (Å²) in [6.45, 7) is 0. The number of hydrogen-bond donors (Lipinski definition) is 0. The molecule has 0 radical (unpaired) electrons. The summed E-state index contributed by atoms with van der Waals surface area (Å²) in [4.78, 5) is 0. The van der Waals surface area contributed by atoms with Gasteiger partial charge in [0.15, 0.2) is 0 Å². The topological polar surface area (TPSA) is 31.2 Å². The van der Waals surface area contributed by atoms with Crippen LogP contribution >= 0.6 is 0 Å². The number of fused-ring (bicyclic) bond motifs is 9. The van der Waals surface area contributed by atoms with E-state index in [4.69, 9.17) is 8.83 Å². The lowest BCUT2D eigenvalue weighted by atomic mass is 10.0. The molecule has 0 saturated heterocycles. The number of nitrogens with zero attached hydrogens (tertiary/aromatic N) is 1. The van der Waals surface area contributed by atoms with Gasteiger partial charge in [-0.2, -0.15) is 0 Å². The van der Waals surface area contributed by atoms with Gasteiger partial charge in [-0.15, -0.1) is 0 Å². The van der Waals surface area contributed by atoms with Crippen LogP contribution in [0.5, 0.6) is 0 Å². The Morgan fingerprint density at radius 3 is 1.20 bits per heavy atom. The molecule has 3 nitrogen and oxygen atoms in total. The van der Waals surface area contributed by atoms with Gasteiger partial charge in [0, 0.05) is 44.1 Å². The summed E-state index contributed by atoms with van der Waals surface area (Å²) < 4.78 is 15.2. The van der Waals surface area contributed by atoms with Crippen LogP contribution in [0.15, 0.2) is 185 Å². The molecule has 0 aliphatic rings. The van der Waals surface area contributed by atoms with Gasteiger partial charge in [-0.05, 0) is 94.0 Å². The zero-order valence-corrected chi connectivity index (χ0v) is 27.5. The summed E-state index contributed by atoms with van der Waals surface area (Å²) in [5.74, 6) is 0. The zero-order chi connectivity index (χ0) is 33.5. The quantitative estimate of drug-likeness (QED) is 0.190. The van der Waals surface area contributed by atoms with E-state index in [-0.39, 0.29) is 0 Å². The Balaban J connectivity index is 1.13. The second kappa shape index (κ2) is 10.8. The normalized spacial score (nSPS) is 11.9. The lowest BCUT2D eigenvalue weighted by Gasteiger charge is -2.09. The number of hydrogen-bond acceptors (Lipinski definition) is 2. The van der Waals surface area contributed by atoms with Crippen molar-refractivity contribution >= 4 is 65.7 Å². The predicted octanol–water partition coefficient (Wildman–Crippen LogP) is 13.6. The van der Waals surface area contributed by atoms with E-state index in [9.17, 15) is 0 Å². The molecule has 0 unspecified atom stereocenters. The van der Waals surface area contributed by atoms with E-state index in [0.29, 0.717) is 0 Å². The lowest BCUT2D eigenvalue weighted by Crippen LogP contribution is -1.93. The Bertz CT molecular complexity index is 3010. The summed E-state index contributed by atoms with van der Waals surface area (Å²) in [5.41, 5.74) is 14.0. The molecule has 0 fully saturated rings. The van der Waals surface area contributed by atoms with Crippen LogP contribution in [0, 0.1) is 0 Å². The molecule has 51 heavy (non-hydrogen) atoms.